The molecule has 5 nitrogen and oxygen atoms in total. The molecule has 2 rings (SSSR count). The first-order chi connectivity index (χ1) is 8.14. The predicted octanol–water partition coefficient (Wildman–Crippen LogP) is 0.909. The van der Waals surface area contributed by atoms with Gasteiger partial charge in [0.25, 0.3) is 0 Å². The third kappa shape index (κ3) is 2.70. The average molecular weight is 257 g/mol. The quantitative estimate of drug-likeness (QED) is 0.824. The fourth-order valence-corrected chi connectivity index (χ4v) is 3.54. The number of rotatable bonds is 5. The van der Waals surface area contributed by atoms with Gasteiger partial charge in [-0.2, -0.15) is 4.31 Å². The molecular formula is C11H19N3O2S. The van der Waals surface area contributed by atoms with Crippen LogP contribution in [-0.2, 0) is 16.6 Å². The van der Waals surface area contributed by atoms with Crippen molar-refractivity contribution in [2.24, 2.45) is 0 Å². The Bertz CT molecular complexity index is 461. The minimum Gasteiger partial charge on any atom is -0.363 e. The van der Waals surface area contributed by atoms with Gasteiger partial charge in [0.1, 0.15) is 0 Å². The van der Waals surface area contributed by atoms with Crippen LogP contribution in [0.2, 0.25) is 0 Å². The van der Waals surface area contributed by atoms with Crippen molar-refractivity contribution in [3.63, 3.8) is 0 Å². The lowest BCUT2D eigenvalue weighted by molar-refractivity contribution is 0.477. The highest BCUT2D eigenvalue weighted by atomic mass is 32.2. The number of H-pyrrole nitrogens is 1. The van der Waals surface area contributed by atoms with Crippen LogP contribution in [0.4, 0.5) is 0 Å². The van der Waals surface area contributed by atoms with Gasteiger partial charge in [-0.3, -0.25) is 0 Å². The van der Waals surface area contributed by atoms with Crippen LogP contribution in [0.25, 0.3) is 0 Å². The van der Waals surface area contributed by atoms with Crippen LogP contribution in [0.3, 0.4) is 0 Å². The maximum Gasteiger partial charge on any atom is 0.244 e. The molecule has 0 unspecified atom stereocenters. The Morgan fingerprint density at radius 2 is 2.12 bits per heavy atom. The predicted molar refractivity (Wildman–Crippen MR) is 66.2 cm³/mol. The molecule has 1 saturated heterocycles. The van der Waals surface area contributed by atoms with E-state index in [9.17, 15) is 8.42 Å². The van der Waals surface area contributed by atoms with Crippen molar-refractivity contribution < 1.29 is 8.42 Å². The van der Waals surface area contributed by atoms with E-state index in [-0.39, 0.29) is 0 Å². The summed E-state index contributed by atoms with van der Waals surface area (Å²) < 4.78 is 26.0. The lowest BCUT2D eigenvalue weighted by Gasteiger charge is -2.13. The Balaban J connectivity index is 2.13. The standard InChI is InChI=1S/C11H19N3O2S/c1-2-12-8-10-7-11(9-13-10)17(15,16)14-5-3-4-6-14/h7,9,12-13H,2-6,8H2,1H3. The van der Waals surface area contributed by atoms with E-state index in [0.717, 1.165) is 25.1 Å². The molecule has 0 spiro atoms. The number of nitrogens with one attached hydrogen (secondary N) is 2. The van der Waals surface area contributed by atoms with Crippen LogP contribution in [0.5, 0.6) is 0 Å². The molecule has 0 bridgehead atoms. The molecule has 1 aliphatic rings. The van der Waals surface area contributed by atoms with Crippen molar-refractivity contribution in [3.8, 4) is 0 Å². The molecule has 2 heterocycles. The first-order valence-electron chi connectivity index (χ1n) is 6.02. The zero-order chi connectivity index (χ0) is 12.3. The molecule has 2 N–H and O–H groups in total. The van der Waals surface area contributed by atoms with E-state index in [1.807, 2.05) is 6.92 Å². The van der Waals surface area contributed by atoms with Gasteiger partial charge in [-0.25, -0.2) is 8.42 Å². The number of aromatic amines is 1. The van der Waals surface area contributed by atoms with Crippen molar-refractivity contribution in [3.05, 3.63) is 18.0 Å². The van der Waals surface area contributed by atoms with E-state index in [1.165, 1.54) is 0 Å². The third-order valence-corrected chi connectivity index (χ3v) is 4.86. The number of aromatic nitrogens is 1. The summed E-state index contributed by atoms with van der Waals surface area (Å²) in [5.41, 5.74) is 0.907. The summed E-state index contributed by atoms with van der Waals surface area (Å²) >= 11 is 0. The summed E-state index contributed by atoms with van der Waals surface area (Å²) in [7, 11) is -3.27. The van der Waals surface area contributed by atoms with Crippen LogP contribution in [0.15, 0.2) is 17.2 Å². The molecule has 1 aromatic heterocycles. The minimum atomic E-state index is -3.27. The number of hydrogen-bond acceptors (Lipinski definition) is 3. The topological polar surface area (TPSA) is 65.2 Å². The molecule has 0 atom stereocenters. The normalized spacial score (nSPS) is 17.7. The lowest BCUT2D eigenvalue weighted by Crippen LogP contribution is -2.27. The fourth-order valence-electron chi connectivity index (χ4n) is 2.01. The van der Waals surface area contributed by atoms with Crippen molar-refractivity contribution >= 4 is 10.0 Å². The van der Waals surface area contributed by atoms with Crippen LogP contribution in [0, 0.1) is 0 Å². The highest BCUT2D eigenvalue weighted by Gasteiger charge is 2.27. The molecule has 0 saturated carbocycles. The Kier molecular flexibility index (Phi) is 3.86. The van der Waals surface area contributed by atoms with E-state index in [4.69, 9.17) is 0 Å². The van der Waals surface area contributed by atoms with Gasteiger partial charge in [0.2, 0.25) is 10.0 Å². The first-order valence-corrected chi connectivity index (χ1v) is 7.47. The summed E-state index contributed by atoms with van der Waals surface area (Å²) in [6.07, 6.45) is 3.52. The highest BCUT2D eigenvalue weighted by molar-refractivity contribution is 7.89. The van der Waals surface area contributed by atoms with Gasteiger partial charge in [-0.15, -0.1) is 0 Å². The molecule has 0 radical (unpaired) electrons. The summed E-state index contributed by atoms with van der Waals surface area (Å²) in [5, 5.41) is 3.16. The third-order valence-electron chi connectivity index (χ3n) is 2.98. The van der Waals surface area contributed by atoms with Gasteiger partial charge in [0.15, 0.2) is 0 Å². The maximum absolute atomic E-state index is 12.2. The molecule has 17 heavy (non-hydrogen) atoms. The fraction of sp³-hybridized carbons (Fsp3) is 0.636. The molecular weight excluding hydrogens is 238 g/mol. The Hall–Kier alpha value is -0.850. The minimum absolute atomic E-state index is 0.382. The Morgan fingerprint density at radius 3 is 2.76 bits per heavy atom. The first kappa shape index (κ1) is 12.6. The SMILES string of the molecule is CCNCc1cc(S(=O)(=O)N2CCCC2)c[nH]1. The summed E-state index contributed by atoms with van der Waals surface area (Å²) in [6, 6.07) is 1.72. The van der Waals surface area contributed by atoms with Gasteiger partial charge in [0, 0.05) is 31.5 Å². The van der Waals surface area contributed by atoms with Gasteiger partial charge in [-0.05, 0) is 25.5 Å². The van der Waals surface area contributed by atoms with Gasteiger partial charge in [-0.1, -0.05) is 6.92 Å². The molecule has 1 aromatic rings. The van der Waals surface area contributed by atoms with Crippen LogP contribution in [0.1, 0.15) is 25.5 Å². The van der Waals surface area contributed by atoms with Crippen LogP contribution < -0.4 is 5.32 Å². The Morgan fingerprint density at radius 1 is 1.41 bits per heavy atom. The van der Waals surface area contributed by atoms with Crippen molar-refractivity contribution in [2.45, 2.75) is 31.2 Å². The Labute approximate surface area is 102 Å². The highest BCUT2D eigenvalue weighted by Crippen LogP contribution is 2.21. The summed E-state index contributed by atoms with van der Waals surface area (Å²) in [5.74, 6) is 0. The van der Waals surface area contributed by atoms with E-state index in [1.54, 1.807) is 16.6 Å². The van der Waals surface area contributed by atoms with Gasteiger partial charge < -0.3 is 10.3 Å². The molecule has 6 heteroatoms. The summed E-state index contributed by atoms with van der Waals surface area (Å²) in [6.45, 7) is 4.86. The second-order valence-corrected chi connectivity index (χ2v) is 6.19. The largest absolute Gasteiger partial charge is 0.363 e. The van der Waals surface area contributed by atoms with E-state index in [0.29, 0.717) is 24.5 Å². The second kappa shape index (κ2) is 5.20. The van der Waals surface area contributed by atoms with Gasteiger partial charge >= 0.3 is 0 Å². The molecule has 0 aromatic carbocycles. The smallest absolute Gasteiger partial charge is 0.244 e. The van der Waals surface area contributed by atoms with E-state index < -0.39 is 10.0 Å². The average Bonchev–Trinajstić information content (AvgIpc) is 2.97. The van der Waals surface area contributed by atoms with E-state index >= 15 is 0 Å². The van der Waals surface area contributed by atoms with Crippen molar-refractivity contribution in [1.29, 1.82) is 0 Å². The molecule has 1 fully saturated rings. The second-order valence-electron chi connectivity index (χ2n) is 4.25. The molecule has 1 aliphatic heterocycles. The maximum atomic E-state index is 12.2. The van der Waals surface area contributed by atoms with Gasteiger partial charge in [0.05, 0.1) is 4.90 Å². The van der Waals surface area contributed by atoms with Crippen molar-refractivity contribution in [2.75, 3.05) is 19.6 Å². The number of hydrogen-bond donors (Lipinski definition) is 2. The molecule has 0 aliphatic carbocycles. The monoisotopic (exact) mass is 257 g/mol. The number of nitrogens with zero attached hydrogens (tertiary/aromatic N) is 1. The zero-order valence-electron chi connectivity index (χ0n) is 10.1. The van der Waals surface area contributed by atoms with Crippen molar-refractivity contribution in [1.82, 2.24) is 14.6 Å². The number of sulfonamides is 1. The summed E-state index contributed by atoms with van der Waals surface area (Å²) in [4.78, 5) is 3.38. The molecule has 0 amide bonds. The van der Waals surface area contributed by atoms with Crippen LogP contribution in [-0.4, -0.2) is 37.3 Å². The zero-order valence-corrected chi connectivity index (χ0v) is 10.9. The van der Waals surface area contributed by atoms with Crippen LogP contribution >= 0.6 is 0 Å². The lowest BCUT2D eigenvalue weighted by atomic mass is 10.4. The van der Waals surface area contributed by atoms with E-state index in [2.05, 4.69) is 10.3 Å². The molecule has 96 valence electrons.